The lowest BCUT2D eigenvalue weighted by atomic mass is 10.3. The van der Waals surface area contributed by atoms with Crippen LogP contribution in [0.5, 0.6) is 5.75 Å². The van der Waals surface area contributed by atoms with Gasteiger partial charge < -0.3 is 14.6 Å². The Hall–Kier alpha value is -2.64. The normalized spacial score (nSPS) is 9.39. The van der Waals surface area contributed by atoms with E-state index >= 15 is 0 Å². The standard InChI is InChI=1S/C10H10N2O6/c1-17-10(16)12-8(13)5-18-7-2-6(9(14)15)3-11-4-7/h2-4H,5H2,1H3,(H,14,15)(H,12,13,16). The third-order valence-electron chi connectivity index (χ3n) is 1.76. The van der Waals surface area contributed by atoms with Crippen LogP contribution in [0.1, 0.15) is 10.4 Å². The number of carbonyl (C=O) groups is 3. The van der Waals surface area contributed by atoms with Gasteiger partial charge >= 0.3 is 12.1 Å². The van der Waals surface area contributed by atoms with Gasteiger partial charge in [-0.3, -0.25) is 15.1 Å². The van der Waals surface area contributed by atoms with Gasteiger partial charge in [-0.25, -0.2) is 9.59 Å². The average Bonchev–Trinajstić information content (AvgIpc) is 2.36. The second-order valence-electron chi connectivity index (χ2n) is 3.04. The first kappa shape index (κ1) is 13.4. The number of imide groups is 1. The van der Waals surface area contributed by atoms with Crippen LogP contribution in [0.2, 0.25) is 0 Å². The van der Waals surface area contributed by atoms with E-state index in [9.17, 15) is 14.4 Å². The minimum Gasteiger partial charge on any atom is -0.482 e. The van der Waals surface area contributed by atoms with Crippen LogP contribution < -0.4 is 10.1 Å². The third-order valence-corrected chi connectivity index (χ3v) is 1.76. The Morgan fingerprint density at radius 2 is 2.11 bits per heavy atom. The summed E-state index contributed by atoms with van der Waals surface area (Å²) in [6.07, 6.45) is 1.49. The summed E-state index contributed by atoms with van der Waals surface area (Å²) in [5.74, 6) is -1.77. The zero-order chi connectivity index (χ0) is 13.5. The third kappa shape index (κ3) is 4.08. The van der Waals surface area contributed by atoms with Crippen molar-refractivity contribution in [1.82, 2.24) is 10.3 Å². The highest BCUT2D eigenvalue weighted by Crippen LogP contribution is 2.10. The molecule has 0 spiro atoms. The van der Waals surface area contributed by atoms with E-state index < -0.39 is 24.6 Å². The van der Waals surface area contributed by atoms with Crippen molar-refractivity contribution in [2.45, 2.75) is 0 Å². The predicted molar refractivity (Wildman–Crippen MR) is 57.2 cm³/mol. The summed E-state index contributed by atoms with van der Waals surface area (Å²) in [5.41, 5.74) is -0.0686. The van der Waals surface area contributed by atoms with Gasteiger partial charge in [0.1, 0.15) is 5.75 Å². The van der Waals surface area contributed by atoms with Crippen LogP contribution in [0.15, 0.2) is 18.5 Å². The molecule has 0 saturated carbocycles. The maximum Gasteiger partial charge on any atom is 0.413 e. The first-order chi connectivity index (χ1) is 8.52. The molecule has 0 bridgehead atoms. The van der Waals surface area contributed by atoms with Crippen molar-refractivity contribution in [3.63, 3.8) is 0 Å². The molecule has 0 aliphatic rings. The Bertz CT molecular complexity index is 473. The van der Waals surface area contributed by atoms with Crippen LogP contribution in [0.3, 0.4) is 0 Å². The van der Waals surface area contributed by atoms with E-state index in [1.165, 1.54) is 12.3 Å². The maximum absolute atomic E-state index is 11.1. The summed E-state index contributed by atoms with van der Waals surface area (Å²) in [6.45, 7) is -0.458. The molecule has 8 nitrogen and oxygen atoms in total. The van der Waals surface area contributed by atoms with Crippen molar-refractivity contribution >= 4 is 18.0 Å². The predicted octanol–water partition coefficient (Wildman–Crippen LogP) is 0.0412. The lowest BCUT2D eigenvalue weighted by molar-refractivity contribution is -0.122. The van der Waals surface area contributed by atoms with Crippen LogP contribution in [0.25, 0.3) is 0 Å². The molecule has 1 aromatic heterocycles. The number of hydrogen-bond acceptors (Lipinski definition) is 6. The van der Waals surface area contributed by atoms with Crippen molar-refractivity contribution in [1.29, 1.82) is 0 Å². The second-order valence-corrected chi connectivity index (χ2v) is 3.04. The average molecular weight is 254 g/mol. The summed E-state index contributed by atoms with van der Waals surface area (Å²) in [6, 6.07) is 1.21. The minimum atomic E-state index is -1.16. The quantitative estimate of drug-likeness (QED) is 0.779. The number of nitrogens with zero attached hydrogens (tertiary/aromatic N) is 1. The van der Waals surface area contributed by atoms with Gasteiger partial charge in [-0.2, -0.15) is 0 Å². The fourth-order valence-corrected chi connectivity index (χ4v) is 0.965. The monoisotopic (exact) mass is 254 g/mol. The molecule has 0 unspecified atom stereocenters. The van der Waals surface area contributed by atoms with E-state index in [1.54, 1.807) is 0 Å². The lowest BCUT2D eigenvalue weighted by Gasteiger charge is -2.06. The molecule has 2 amide bonds. The summed E-state index contributed by atoms with van der Waals surface area (Å²) in [5, 5.41) is 10.6. The number of carboxylic acids is 1. The van der Waals surface area contributed by atoms with Crippen LogP contribution in [0, 0.1) is 0 Å². The lowest BCUT2D eigenvalue weighted by Crippen LogP contribution is -2.34. The van der Waals surface area contributed by atoms with Gasteiger partial charge in [0, 0.05) is 6.20 Å². The van der Waals surface area contributed by atoms with Crippen LogP contribution in [-0.4, -0.2) is 41.8 Å². The number of hydrogen-bond donors (Lipinski definition) is 2. The Labute approximate surface area is 102 Å². The fourth-order valence-electron chi connectivity index (χ4n) is 0.965. The molecule has 18 heavy (non-hydrogen) atoms. The molecule has 1 aromatic rings. The van der Waals surface area contributed by atoms with Gasteiger partial charge in [-0.1, -0.05) is 0 Å². The van der Waals surface area contributed by atoms with E-state index in [2.05, 4.69) is 9.72 Å². The number of nitrogens with one attached hydrogen (secondary N) is 1. The summed E-state index contributed by atoms with van der Waals surface area (Å²) >= 11 is 0. The number of amides is 2. The zero-order valence-corrected chi connectivity index (χ0v) is 9.37. The molecule has 0 aliphatic carbocycles. The van der Waals surface area contributed by atoms with Gasteiger partial charge in [-0.05, 0) is 6.07 Å². The number of methoxy groups -OCH3 is 1. The minimum absolute atomic E-state index is 0.0686. The highest BCUT2D eigenvalue weighted by atomic mass is 16.5. The van der Waals surface area contributed by atoms with Crippen molar-refractivity contribution in [3.05, 3.63) is 24.0 Å². The molecule has 0 aliphatic heterocycles. The Kier molecular flexibility index (Phi) is 4.61. The van der Waals surface area contributed by atoms with E-state index in [0.29, 0.717) is 0 Å². The smallest absolute Gasteiger partial charge is 0.413 e. The largest absolute Gasteiger partial charge is 0.482 e. The molecule has 0 fully saturated rings. The van der Waals surface area contributed by atoms with Crippen molar-refractivity contribution in [3.8, 4) is 5.75 Å². The molecule has 1 rings (SSSR count). The SMILES string of the molecule is COC(=O)NC(=O)COc1cncc(C(=O)O)c1. The first-order valence-corrected chi connectivity index (χ1v) is 4.72. The second kappa shape index (κ2) is 6.18. The summed E-state index contributed by atoms with van der Waals surface area (Å²) in [4.78, 5) is 36.1. The van der Waals surface area contributed by atoms with Crippen molar-refractivity contribution < 1.29 is 29.0 Å². The van der Waals surface area contributed by atoms with Gasteiger partial charge in [0.25, 0.3) is 5.91 Å². The zero-order valence-electron chi connectivity index (χ0n) is 9.37. The van der Waals surface area contributed by atoms with Gasteiger partial charge in [0.2, 0.25) is 0 Å². The van der Waals surface area contributed by atoms with Crippen LogP contribution in [-0.2, 0) is 9.53 Å². The highest BCUT2D eigenvalue weighted by molar-refractivity contribution is 5.92. The molecule has 1 heterocycles. The number of aromatic nitrogens is 1. The van der Waals surface area contributed by atoms with E-state index in [4.69, 9.17) is 9.84 Å². The molecular formula is C10H10N2O6. The number of ether oxygens (including phenoxy) is 2. The van der Waals surface area contributed by atoms with Gasteiger partial charge in [0.05, 0.1) is 18.9 Å². The van der Waals surface area contributed by atoms with Gasteiger partial charge in [-0.15, -0.1) is 0 Å². The molecule has 0 atom stereocenters. The Morgan fingerprint density at radius 3 is 2.72 bits per heavy atom. The summed E-state index contributed by atoms with van der Waals surface area (Å²) in [7, 11) is 1.11. The van der Waals surface area contributed by atoms with E-state index in [1.807, 2.05) is 5.32 Å². The number of pyridine rings is 1. The molecule has 96 valence electrons. The Balaban J connectivity index is 2.53. The topological polar surface area (TPSA) is 115 Å². The number of carboxylic acid groups (broad SMARTS) is 1. The Morgan fingerprint density at radius 1 is 1.39 bits per heavy atom. The highest BCUT2D eigenvalue weighted by Gasteiger charge is 2.09. The van der Waals surface area contributed by atoms with Crippen LogP contribution >= 0.6 is 0 Å². The molecular weight excluding hydrogens is 244 g/mol. The number of rotatable bonds is 4. The molecule has 0 aromatic carbocycles. The molecule has 2 N–H and O–H groups in total. The molecule has 0 saturated heterocycles. The van der Waals surface area contributed by atoms with E-state index in [-0.39, 0.29) is 11.3 Å². The van der Waals surface area contributed by atoms with Crippen molar-refractivity contribution in [2.75, 3.05) is 13.7 Å². The number of alkyl carbamates (subject to hydrolysis) is 1. The fraction of sp³-hybridized carbons (Fsp3) is 0.200. The van der Waals surface area contributed by atoms with Crippen molar-refractivity contribution in [2.24, 2.45) is 0 Å². The number of carbonyl (C=O) groups excluding carboxylic acids is 2. The molecule has 8 heteroatoms. The van der Waals surface area contributed by atoms with Crippen LogP contribution in [0.4, 0.5) is 4.79 Å². The van der Waals surface area contributed by atoms with Gasteiger partial charge in [0.15, 0.2) is 6.61 Å². The first-order valence-electron chi connectivity index (χ1n) is 4.72. The molecule has 0 radical (unpaired) electrons. The summed E-state index contributed by atoms with van der Waals surface area (Å²) < 4.78 is 9.17. The maximum atomic E-state index is 11.1. The number of aromatic carboxylic acids is 1. The van der Waals surface area contributed by atoms with E-state index in [0.717, 1.165) is 13.3 Å².